The first-order valence-corrected chi connectivity index (χ1v) is 4.62. The molecule has 0 aliphatic heterocycles. The topological polar surface area (TPSA) is 26.0 Å². The van der Waals surface area contributed by atoms with E-state index in [2.05, 4.69) is 0 Å². The molecular weight excluding hydrogens is 158 g/mol. The number of fused-ring (bicyclic) bond motifs is 1. The summed E-state index contributed by atoms with van der Waals surface area (Å²) < 4.78 is 0. The van der Waals surface area contributed by atoms with Gasteiger partial charge in [0.25, 0.3) is 0 Å². The Labute approximate surface area is 75.1 Å². The highest BCUT2D eigenvalue weighted by atomic mass is 35.5. The van der Waals surface area contributed by atoms with Crippen molar-refractivity contribution in [1.82, 2.24) is 0 Å². The van der Waals surface area contributed by atoms with Crippen LogP contribution in [0.4, 0.5) is 0 Å². The Bertz CT molecular complexity index is 113. The highest BCUT2D eigenvalue weighted by Crippen LogP contribution is 2.41. The molecule has 0 amide bonds. The molecule has 1 nitrogen and oxygen atoms in total. The summed E-state index contributed by atoms with van der Waals surface area (Å²) in [6.07, 6.45) is 8.52. The lowest BCUT2D eigenvalue weighted by atomic mass is 9.82. The summed E-state index contributed by atoms with van der Waals surface area (Å²) in [6.45, 7) is 0. The van der Waals surface area contributed by atoms with Crippen LogP contribution in [0.2, 0.25) is 0 Å². The molecule has 2 aliphatic carbocycles. The summed E-state index contributed by atoms with van der Waals surface area (Å²) >= 11 is 0. The van der Waals surface area contributed by atoms with Crippen molar-refractivity contribution in [3.05, 3.63) is 0 Å². The first kappa shape index (κ1) is 9.34. The maximum absolute atomic E-state index is 5.89. The number of hydrogen-bond acceptors (Lipinski definition) is 1. The number of halogens is 1. The van der Waals surface area contributed by atoms with Crippen molar-refractivity contribution in [2.24, 2.45) is 17.6 Å². The minimum absolute atomic E-state index is 0. The molecular formula is C9H18ClN. The van der Waals surface area contributed by atoms with Crippen LogP contribution in [0.15, 0.2) is 0 Å². The van der Waals surface area contributed by atoms with E-state index in [4.69, 9.17) is 5.73 Å². The highest BCUT2D eigenvalue weighted by Gasteiger charge is 2.33. The molecule has 0 saturated heterocycles. The van der Waals surface area contributed by atoms with Gasteiger partial charge in [0.15, 0.2) is 0 Å². The Morgan fingerprint density at radius 1 is 0.909 bits per heavy atom. The lowest BCUT2D eigenvalue weighted by Gasteiger charge is -2.24. The molecule has 0 bridgehead atoms. The molecule has 2 saturated carbocycles. The predicted molar refractivity (Wildman–Crippen MR) is 49.9 cm³/mol. The largest absolute Gasteiger partial charge is 0.328 e. The second-order valence-corrected chi connectivity index (χ2v) is 4.04. The summed E-state index contributed by atoms with van der Waals surface area (Å²) in [5, 5.41) is 0. The summed E-state index contributed by atoms with van der Waals surface area (Å²) in [6, 6.07) is 0.549. The molecule has 0 aromatic heterocycles. The van der Waals surface area contributed by atoms with Crippen LogP contribution in [0.1, 0.15) is 38.5 Å². The van der Waals surface area contributed by atoms with E-state index in [1.165, 1.54) is 38.5 Å². The standard InChI is InChI=1S/C9H17N.ClH/c10-9-5-7-3-1-2-4-8(7)6-9;/h7-9H,1-6,10H2;1H/t7-,8+,9?;. The molecule has 3 atom stereocenters. The van der Waals surface area contributed by atoms with Crippen LogP contribution in [-0.4, -0.2) is 6.04 Å². The van der Waals surface area contributed by atoms with Crippen molar-refractivity contribution < 1.29 is 0 Å². The lowest BCUT2D eigenvalue weighted by molar-refractivity contribution is 0.277. The van der Waals surface area contributed by atoms with Gasteiger partial charge in [-0.25, -0.2) is 0 Å². The third-order valence-electron chi connectivity index (χ3n) is 3.28. The van der Waals surface area contributed by atoms with Crippen LogP contribution < -0.4 is 5.73 Å². The fraction of sp³-hybridized carbons (Fsp3) is 1.00. The van der Waals surface area contributed by atoms with E-state index in [0.717, 1.165) is 11.8 Å². The summed E-state index contributed by atoms with van der Waals surface area (Å²) in [5.74, 6) is 2.03. The molecule has 1 unspecified atom stereocenters. The normalized spacial score (nSPS) is 42.8. The van der Waals surface area contributed by atoms with Gasteiger partial charge in [-0.05, 0) is 24.7 Å². The van der Waals surface area contributed by atoms with Gasteiger partial charge in [0.1, 0.15) is 0 Å². The molecule has 0 aromatic rings. The average molecular weight is 176 g/mol. The zero-order valence-corrected chi connectivity index (χ0v) is 7.78. The zero-order valence-electron chi connectivity index (χ0n) is 6.96. The van der Waals surface area contributed by atoms with E-state index in [0.29, 0.717) is 6.04 Å². The summed E-state index contributed by atoms with van der Waals surface area (Å²) in [4.78, 5) is 0. The van der Waals surface area contributed by atoms with Crippen LogP contribution in [0, 0.1) is 11.8 Å². The van der Waals surface area contributed by atoms with Crippen LogP contribution in [-0.2, 0) is 0 Å². The van der Waals surface area contributed by atoms with Crippen LogP contribution in [0.5, 0.6) is 0 Å². The molecule has 0 radical (unpaired) electrons. The lowest BCUT2D eigenvalue weighted by Crippen LogP contribution is -2.14. The average Bonchev–Trinajstić information content (AvgIpc) is 2.27. The monoisotopic (exact) mass is 175 g/mol. The van der Waals surface area contributed by atoms with Gasteiger partial charge >= 0.3 is 0 Å². The van der Waals surface area contributed by atoms with Crippen molar-refractivity contribution in [3.63, 3.8) is 0 Å². The van der Waals surface area contributed by atoms with Crippen LogP contribution >= 0.6 is 12.4 Å². The molecule has 2 heteroatoms. The van der Waals surface area contributed by atoms with E-state index in [1.54, 1.807) is 0 Å². The van der Waals surface area contributed by atoms with Gasteiger partial charge in [-0.3, -0.25) is 0 Å². The molecule has 0 aromatic carbocycles. The summed E-state index contributed by atoms with van der Waals surface area (Å²) in [7, 11) is 0. The fourth-order valence-corrected chi connectivity index (χ4v) is 2.78. The SMILES string of the molecule is Cl.NC1C[C@H]2CCCC[C@H]2C1. The summed E-state index contributed by atoms with van der Waals surface area (Å²) in [5.41, 5.74) is 5.89. The van der Waals surface area contributed by atoms with Gasteiger partial charge in [-0.1, -0.05) is 25.7 Å². The van der Waals surface area contributed by atoms with Gasteiger partial charge < -0.3 is 5.73 Å². The molecule has 66 valence electrons. The first-order chi connectivity index (χ1) is 4.86. The van der Waals surface area contributed by atoms with Gasteiger partial charge in [0, 0.05) is 6.04 Å². The first-order valence-electron chi connectivity index (χ1n) is 4.62. The minimum atomic E-state index is 0. The zero-order chi connectivity index (χ0) is 6.97. The van der Waals surface area contributed by atoms with Gasteiger partial charge in [-0.2, -0.15) is 0 Å². The number of rotatable bonds is 0. The van der Waals surface area contributed by atoms with Crippen molar-refractivity contribution in [2.45, 2.75) is 44.6 Å². The Hall–Kier alpha value is 0.250. The molecule has 0 heterocycles. The van der Waals surface area contributed by atoms with Crippen LogP contribution in [0.25, 0.3) is 0 Å². The Kier molecular flexibility index (Phi) is 3.20. The third-order valence-corrected chi connectivity index (χ3v) is 3.28. The van der Waals surface area contributed by atoms with Gasteiger partial charge in [0.2, 0.25) is 0 Å². The highest BCUT2D eigenvalue weighted by molar-refractivity contribution is 5.85. The molecule has 2 rings (SSSR count). The number of hydrogen-bond donors (Lipinski definition) is 1. The fourth-order valence-electron chi connectivity index (χ4n) is 2.78. The minimum Gasteiger partial charge on any atom is -0.328 e. The maximum atomic E-state index is 5.89. The smallest absolute Gasteiger partial charge is 0.00443 e. The van der Waals surface area contributed by atoms with E-state index >= 15 is 0 Å². The Morgan fingerprint density at radius 2 is 1.36 bits per heavy atom. The van der Waals surface area contributed by atoms with Crippen molar-refractivity contribution >= 4 is 12.4 Å². The number of nitrogens with two attached hydrogens (primary N) is 1. The van der Waals surface area contributed by atoms with Gasteiger partial charge in [-0.15, -0.1) is 12.4 Å². The predicted octanol–water partition coefficient (Wildman–Crippen LogP) is 2.34. The van der Waals surface area contributed by atoms with Gasteiger partial charge in [0.05, 0.1) is 0 Å². The molecule has 2 aliphatic rings. The van der Waals surface area contributed by atoms with E-state index < -0.39 is 0 Å². The van der Waals surface area contributed by atoms with E-state index in [9.17, 15) is 0 Å². The van der Waals surface area contributed by atoms with Crippen molar-refractivity contribution in [3.8, 4) is 0 Å². The second kappa shape index (κ2) is 3.77. The van der Waals surface area contributed by atoms with E-state index in [1.807, 2.05) is 0 Å². The second-order valence-electron chi connectivity index (χ2n) is 4.04. The Morgan fingerprint density at radius 3 is 1.82 bits per heavy atom. The third kappa shape index (κ3) is 1.88. The maximum Gasteiger partial charge on any atom is 0.00443 e. The Balaban J connectivity index is 0.000000605. The molecule has 0 spiro atoms. The molecule has 2 N–H and O–H groups in total. The molecule has 11 heavy (non-hydrogen) atoms. The quantitative estimate of drug-likeness (QED) is 0.601. The van der Waals surface area contributed by atoms with Crippen molar-refractivity contribution in [2.75, 3.05) is 0 Å². The van der Waals surface area contributed by atoms with E-state index in [-0.39, 0.29) is 12.4 Å². The van der Waals surface area contributed by atoms with Crippen molar-refractivity contribution in [1.29, 1.82) is 0 Å². The molecule has 2 fully saturated rings. The van der Waals surface area contributed by atoms with Crippen LogP contribution in [0.3, 0.4) is 0 Å².